The molecule has 0 unspecified atom stereocenters. The van der Waals surface area contributed by atoms with Crippen molar-refractivity contribution in [3.63, 3.8) is 0 Å². The van der Waals surface area contributed by atoms with E-state index in [2.05, 4.69) is 0 Å². The molecule has 150 valence electrons. The third-order valence-corrected chi connectivity index (χ3v) is 6.64. The summed E-state index contributed by atoms with van der Waals surface area (Å²) in [5.41, 5.74) is 0.783. The van der Waals surface area contributed by atoms with Gasteiger partial charge in [-0.3, -0.25) is 9.10 Å². The maximum atomic E-state index is 14.0. The zero-order valence-electron chi connectivity index (χ0n) is 15.3. The van der Waals surface area contributed by atoms with Crippen LogP contribution >= 0.6 is 23.2 Å². The summed E-state index contributed by atoms with van der Waals surface area (Å²) in [5, 5.41) is 0.721. The quantitative estimate of drug-likeness (QED) is 0.472. The second kappa shape index (κ2) is 8.53. The first kappa shape index (κ1) is 21.3. The lowest BCUT2D eigenvalue weighted by atomic mass is 10.0. The molecule has 0 spiro atoms. The molecular weight excluding hydrogens is 436 g/mol. The Hall–Kier alpha value is -2.41. The second-order valence-corrected chi connectivity index (χ2v) is 9.15. The molecule has 0 atom stereocenters. The highest BCUT2D eigenvalue weighted by Gasteiger charge is 2.22. The van der Waals surface area contributed by atoms with Gasteiger partial charge in [0.2, 0.25) is 0 Å². The van der Waals surface area contributed by atoms with Gasteiger partial charge >= 0.3 is 0 Å². The summed E-state index contributed by atoms with van der Waals surface area (Å²) in [6.07, 6.45) is -0.209. The molecule has 8 heteroatoms. The summed E-state index contributed by atoms with van der Waals surface area (Å²) in [4.78, 5) is 12.5. The van der Waals surface area contributed by atoms with E-state index in [9.17, 15) is 17.6 Å². The van der Waals surface area contributed by atoms with Crippen LogP contribution in [0.5, 0.6) is 0 Å². The predicted octanol–water partition coefficient (Wildman–Crippen LogP) is 5.38. The first-order valence-corrected chi connectivity index (χ1v) is 10.7. The van der Waals surface area contributed by atoms with Gasteiger partial charge in [0.25, 0.3) is 10.0 Å². The molecule has 3 aromatic carbocycles. The van der Waals surface area contributed by atoms with Crippen LogP contribution in [0.25, 0.3) is 0 Å². The number of nitrogens with zero attached hydrogens (tertiary/aromatic N) is 1. The summed E-state index contributed by atoms with van der Waals surface area (Å²) < 4.78 is 41.0. The van der Waals surface area contributed by atoms with Crippen LogP contribution in [0.1, 0.15) is 15.9 Å². The third kappa shape index (κ3) is 4.78. The minimum atomic E-state index is -3.90. The average molecular weight is 452 g/mol. The van der Waals surface area contributed by atoms with Gasteiger partial charge in [0.15, 0.2) is 5.78 Å². The van der Waals surface area contributed by atoms with E-state index in [1.54, 1.807) is 24.3 Å². The Morgan fingerprint density at radius 2 is 1.62 bits per heavy atom. The third-order valence-electron chi connectivity index (χ3n) is 4.37. The molecule has 0 bridgehead atoms. The molecule has 0 aromatic heterocycles. The SMILES string of the molecule is CN(c1ccc(Cl)cc1)S(=O)(=O)c1cccc(C(=O)Cc2ccc(Cl)cc2F)c1. The number of hydrogen-bond donors (Lipinski definition) is 0. The maximum absolute atomic E-state index is 14.0. The van der Waals surface area contributed by atoms with Crippen molar-refractivity contribution in [3.8, 4) is 0 Å². The van der Waals surface area contributed by atoms with Crippen molar-refractivity contribution < 1.29 is 17.6 Å². The highest BCUT2D eigenvalue weighted by atomic mass is 35.5. The summed E-state index contributed by atoms with van der Waals surface area (Å²) in [6, 6.07) is 16.1. The number of ketones is 1. The van der Waals surface area contributed by atoms with Crippen molar-refractivity contribution >= 4 is 44.7 Å². The van der Waals surface area contributed by atoms with Crippen LogP contribution in [0.15, 0.2) is 71.6 Å². The molecule has 29 heavy (non-hydrogen) atoms. The first-order valence-electron chi connectivity index (χ1n) is 8.50. The molecule has 0 heterocycles. The Morgan fingerprint density at radius 1 is 0.966 bits per heavy atom. The molecule has 0 fully saturated rings. The highest BCUT2D eigenvalue weighted by Crippen LogP contribution is 2.25. The van der Waals surface area contributed by atoms with Crippen LogP contribution in [0.2, 0.25) is 10.0 Å². The smallest absolute Gasteiger partial charge is 0.264 e. The molecule has 3 rings (SSSR count). The van der Waals surface area contributed by atoms with Crippen molar-refractivity contribution in [1.82, 2.24) is 0 Å². The van der Waals surface area contributed by atoms with Crippen molar-refractivity contribution in [2.75, 3.05) is 11.4 Å². The molecule has 0 radical (unpaired) electrons. The van der Waals surface area contributed by atoms with Crippen LogP contribution in [-0.4, -0.2) is 21.2 Å². The first-order chi connectivity index (χ1) is 13.7. The lowest BCUT2D eigenvalue weighted by Gasteiger charge is -2.20. The minimum Gasteiger partial charge on any atom is -0.294 e. The second-order valence-electron chi connectivity index (χ2n) is 6.31. The van der Waals surface area contributed by atoms with Gasteiger partial charge in [-0.1, -0.05) is 41.4 Å². The number of Topliss-reactive ketones (excluding diaryl/α,β-unsaturated/α-hetero) is 1. The lowest BCUT2D eigenvalue weighted by Crippen LogP contribution is -2.26. The summed E-state index contributed by atoms with van der Waals surface area (Å²) >= 11 is 11.6. The number of sulfonamides is 1. The minimum absolute atomic E-state index is 0.0441. The molecular formula is C21H16Cl2FNO3S. The zero-order chi connectivity index (χ0) is 21.2. The Morgan fingerprint density at radius 3 is 2.28 bits per heavy atom. The number of carbonyl (C=O) groups excluding carboxylic acids is 1. The number of halogens is 3. The summed E-state index contributed by atoms with van der Waals surface area (Å²) in [5.74, 6) is -0.991. The van der Waals surface area contributed by atoms with Gasteiger partial charge in [0.1, 0.15) is 5.82 Å². The van der Waals surface area contributed by atoms with Gasteiger partial charge in [-0.25, -0.2) is 12.8 Å². The van der Waals surface area contributed by atoms with Gasteiger partial charge in [0.05, 0.1) is 10.6 Å². The highest BCUT2D eigenvalue weighted by molar-refractivity contribution is 7.92. The molecule has 0 aliphatic heterocycles. The Labute approximate surface area is 178 Å². The predicted molar refractivity (Wildman–Crippen MR) is 113 cm³/mol. The van der Waals surface area contributed by atoms with Gasteiger partial charge < -0.3 is 0 Å². The van der Waals surface area contributed by atoms with Crippen LogP contribution < -0.4 is 4.31 Å². The van der Waals surface area contributed by atoms with E-state index in [0.29, 0.717) is 10.7 Å². The van der Waals surface area contributed by atoms with Crippen molar-refractivity contribution in [2.24, 2.45) is 0 Å². The van der Waals surface area contributed by atoms with E-state index in [4.69, 9.17) is 23.2 Å². The van der Waals surface area contributed by atoms with Gasteiger partial charge in [0, 0.05) is 29.1 Å². The molecule has 4 nitrogen and oxygen atoms in total. The van der Waals surface area contributed by atoms with Gasteiger partial charge in [-0.2, -0.15) is 0 Å². The van der Waals surface area contributed by atoms with Crippen LogP contribution in [-0.2, 0) is 16.4 Å². The number of benzene rings is 3. The fraction of sp³-hybridized carbons (Fsp3) is 0.0952. The summed E-state index contributed by atoms with van der Waals surface area (Å²) in [6.45, 7) is 0. The fourth-order valence-electron chi connectivity index (χ4n) is 2.72. The standard InChI is InChI=1S/C21H16Cl2FNO3S/c1-25(18-9-7-16(22)8-10-18)29(27,28)19-4-2-3-15(11-19)21(26)12-14-5-6-17(23)13-20(14)24/h2-11,13H,12H2,1H3. The molecule has 0 amide bonds. The van der Waals surface area contributed by atoms with E-state index in [-0.39, 0.29) is 27.5 Å². The topological polar surface area (TPSA) is 54.5 Å². The van der Waals surface area contributed by atoms with Crippen molar-refractivity contribution in [1.29, 1.82) is 0 Å². The number of hydrogen-bond acceptors (Lipinski definition) is 3. The van der Waals surface area contributed by atoms with Gasteiger partial charge in [-0.05, 0) is 54.1 Å². The van der Waals surface area contributed by atoms with Gasteiger partial charge in [-0.15, -0.1) is 0 Å². The largest absolute Gasteiger partial charge is 0.294 e. The van der Waals surface area contributed by atoms with Crippen molar-refractivity contribution in [3.05, 3.63) is 93.7 Å². The Bertz CT molecular complexity index is 1160. The molecule has 3 aromatic rings. The fourth-order valence-corrected chi connectivity index (χ4v) is 4.24. The Kier molecular flexibility index (Phi) is 6.27. The number of rotatable bonds is 6. The molecule has 0 saturated heterocycles. The Balaban J connectivity index is 1.87. The monoisotopic (exact) mass is 451 g/mol. The zero-order valence-corrected chi connectivity index (χ0v) is 17.6. The number of anilines is 1. The van der Waals surface area contributed by atoms with Crippen molar-refractivity contribution in [2.45, 2.75) is 11.3 Å². The van der Waals surface area contributed by atoms with E-state index in [0.717, 1.165) is 10.4 Å². The van der Waals surface area contributed by atoms with E-state index in [1.165, 1.54) is 43.4 Å². The molecule has 0 N–H and O–H groups in total. The summed E-state index contributed by atoms with van der Waals surface area (Å²) in [7, 11) is -2.49. The van der Waals surface area contributed by atoms with Crippen LogP contribution in [0.4, 0.5) is 10.1 Å². The van der Waals surface area contributed by atoms with E-state index < -0.39 is 21.6 Å². The lowest BCUT2D eigenvalue weighted by molar-refractivity contribution is 0.0991. The van der Waals surface area contributed by atoms with Crippen LogP contribution in [0.3, 0.4) is 0 Å². The van der Waals surface area contributed by atoms with E-state index >= 15 is 0 Å². The molecule has 0 aliphatic rings. The molecule has 0 saturated carbocycles. The van der Waals surface area contributed by atoms with E-state index in [1.807, 2.05) is 0 Å². The maximum Gasteiger partial charge on any atom is 0.264 e. The molecule has 0 aliphatic carbocycles. The van der Waals surface area contributed by atoms with Crippen LogP contribution in [0, 0.1) is 5.82 Å². The normalized spacial score (nSPS) is 11.3. The number of carbonyl (C=O) groups is 1. The average Bonchev–Trinajstić information content (AvgIpc) is 2.70.